The number of carbonyl (C=O) groups excluding carboxylic acids is 2. The van der Waals surface area contributed by atoms with Gasteiger partial charge in [0.2, 0.25) is 0 Å². The van der Waals surface area contributed by atoms with E-state index in [0.717, 1.165) is 24.8 Å². The summed E-state index contributed by atoms with van der Waals surface area (Å²) in [6, 6.07) is 6.93. The number of unbranched alkanes of at least 4 members (excludes halogenated alkanes) is 5. The van der Waals surface area contributed by atoms with E-state index in [-0.39, 0.29) is 6.61 Å². The van der Waals surface area contributed by atoms with Crippen LogP contribution >= 0.6 is 0 Å². The first-order valence-corrected chi connectivity index (χ1v) is 7.98. The largest absolute Gasteiger partial charge is 0.458 e. The Morgan fingerprint density at radius 1 is 1.00 bits per heavy atom. The predicted molar refractivity (Wildman–Crippen MR) is 86.8 cm³/mol. The third-order valence-corrected chi connectivity index (χ3v) is 3.13. The van der Waals surface area contributed by atoms with E-state index in [0.29, 0.717) is 5.75 Å². The molecule has 0 saturated carbocycles. The fraction of sp³-hybridized carbons (Fsp3) is 0.529. The normalized spacial score (nSPS) is 10.7. The third-order valence-electron chi connectivity index (χ3n) is 3.13. The highest BCUT2D eigenvalue weighted by Gasteiger charge is 2.05. The van der Waals surface area contributed by atoms with E-state index in [1.54, 1.807) is 18.2 Å². The molecule has 2 amide bonds. The molecule has 1 rings (SSSR count). The fourth-order valence-corrected chi connectivity index (χ4v) is 1.95. The topological polar surface area (TPSA) is 77.3 Å². The molecule has 1 aromatic rings. The zero-order valence-electron chi connectivity index (χ0n) is 13.8. The number of hydrogen-bond donors (Lipinski definition) is 0. The first kappa shape index (κ1) is 18.8. The Labute approximate surface area is 136 Å². The molecule has 6 heteroatoms. The van der Waals surface area contributed by atoms with Crippen molar-refractivity contribution in [2.75, 3.05) is 6.61 Å². The molecule has 23 heavy (non-hydrogen) atoms. The van der Waals surface area contributed by atoms with Crippen LogP contribution in [0.3, 0.4) is 0 Å². The maximum atomic E-state index is 11.4. The number of amides is 2. The van der Waals surface area contributed by atoms with Gasteiger partial charge in [-0.15, -0.1) is 0 Å². The second-order valence-electron chi connectivity index (χ2n) is 5.27. The van der Waals surface area contributed by atoms with Crippen LogP contribution in [0.15, 0.2) is 34.5 Å². The van der Waals surface area contributed by atoms with Crippen molar-refractivity contribution in [1.82, 2.24) is 0 Å². The minimum atomic E-state index is -0.952. The van der Waals surface area contributed by atoms with Crippen molar-refractivity contribution in [3.63, 3.8) is 0 Å². The minimum Gasteiger partial charge on any atom is -0.447 e. The molecule has 0 aliphatic heterocycles. The molecule has 6 nitrogen and oxygen atoms in total. The van der Waals surface area contributed by atoms with Crippen LogP contribution < -0.4 is 4.74 Å². The van der Waals surface area contributed by atoms with E-state index >= 15 is 0 Å². The number of rotatable bonds is 8. The van der Waals surface area contributed by atoms with Gasteiger partial charge < -0.3 is 9.47 Å². The molecule has 0 aromatic heterocycles. The Morgan fingerprint density at radius 2 is 1.70 bits per heavy atom. The summed E-state index contributed by atoms with van der Waals surface area (Å²) >= 11 is 0. The number of hydrogen-bond acceptors (Lipinski definition) is 4. The van der Waals surface area contributed by atoms with Gasteiger partial charge in [-0.2, -0.15) is 0 Å². The molecule has 0 spiro atoms. The summed E-state index contributed by atoms with van der Waals surface area (Å²) in [7, 11) is 0. The maximum absolute atomic E-state index is 11.4. The van der Waals surface area contributed by atoms with Crippen molar-refractivity contribution < 1.29 is 19.1 Å². The number of ether oxygens (including phenoxy) is 2. The zero-order valence-corrected chi connectivity index (χ0v) is 13.8. The summed E-state index contributed by atoms with van der Waals surface area (Å²) in [5.41, 5.74) is 0.950. The SMILES string of the molecule is CCCCCCCCOC(=O)N=NC(=O)Oc1cccc(C)c1. The lowest BCUT2D eigenvalue weighted by molar-refractivity contribution is 0.151. The maximum Gasteiger partial charge on any atom is 0.458 e. The lowest BCUT2D eigenvalue weighted by atomic mass is 10.1. The van der Waals surface area contributed by atoms with Crippen LogP contribution in [-0.2, 0) is 4.74 Å². The van der Waals surface area contributed by atoms with Crippen LogP contribution in [0.25, 0.3) is 0 Å². The molecule has 0 aliphatic rings. The highest BCUT2D eigenvalue weighted by molar-refractivity contribution is 5.74. The number of carbonyl (C=O) groups is 2. The highest BCUT2D eigenvalue weighted by atomic mass is 16.6. The molecule has 0 radical (unpaired) electrons. The van der Waals surface area contributed by atoms with E-state index in [1.807, 2.05) is 13.0 Å². The smallest absolute Gasteiger partial charge is 0.447 e. The summed E-state index contributed by atoms with van der Waals surface area (Å²) in [6.45, 7) is 4.33. The van der Waals surface area contributed by atoms with Crippen LogP contribution in [0.2, 0.25) is 0 Å². The van der Waals surface area contributed by atoms with Crippen molar-refractivity contribution >= 4 is 12.2 Å². The van der Waals surface area contributed by atoms with Gasteiger partial charge in [0.05, 0.1) is 6.61 Å². The molecular weight excluding hydrogens is 296 g/mol. The highest BCUT2D eigenvalue weighted by Crippen LogP contribution is 2.13. The van der Waals surface area contributed by atoms with Crippen molar-refractivity contribution in [2.24, 2.45) is 10.2 Å². The molecule has 0 fully saturated rings. The molecule has 0 unspecified atom stereocenters. The quantitative estimate of drug-likeness (QED) is 0.472. The lowest BCUT2D eigenvalue weighted by Gasteiger charge is -2.01. The van der Waals surface area contributed by atoms with Crippen molar-refractivity contribution in [2.45, 2.75) is 52.4 Å². The molecular formula is C17H24N2O4. The number of nitrogens with zero attached hydrogens (tertiary/aromatic N) is 2. The third kappa shape index (κ3) is 9.39. The standard InChI is InChI=1S/C17H24N2O4/c1-3-4-5-6-7-8-12-22-16(20)18-19-17(21)23-15-11-9-10-14(2)13-15/h9-11,13H,3-8,12H2,1-2H3. The van der Waals surface area contributed by atoms with Crippen LogP contribution in [-0.4, -0.2) is 18.8 Å². The fourth-order valence-electron chi connectivity index (χ4n) is 1.95. The molecule has 0 bridgehead atoms. The Balaban J connectivity index is 2.17. The Hall–Kier alpha value is -2.24. The van der Waals surface area contributed by atoms with Crippen molar-refractivity contribution in [3.05, 3.63) is 29.8 Å². The predicted octanol–water partition coefficient (Wildman–Crippen LogP) is 5.44. The number of benzene rings is 1. The monoisotopic (exact) mass is 320 g/mol. The molecule has 0 heterocycles. The van der Waals surface area contributed by atoms with Gasteiger partial charge in [0.1, 0.15) is 5.75 Å². The van der Waals surface area contributed by atoms with Crippen LogP contribution in [0, 0.1) is 6.92 Å². The summed E-state index contributed by atoms with van der Waals surface area (Å²) < 4.78 is 9.78. The first-order valence-electron chi connectivity index (χ1n) is 7.98. The van der Waals surface area contributed by atoms with Gasteiger partial charge in [-0.25, -0.2) is 9.59 Å². The average molecular weight is 320 g/mol. The average Bonchev–Trinajstić information content (AvgIpc) is 2.52. The second kappa shape index (κ2) is 11.3. The number of aryl methyl sites for hydroxylation is 1. The Morgan fingerprint density at radius 3 is 2.43 bits per heavy atom. The van der Waals surface area contributed by atoms with Gasteiger partial charge in [0, 0.05) is 0 Å². The van der Waals surface area contributed by atoms with E-state index in [2.05, 4.69) is 17.2 Å². The molecule has 126 valence electrons. The van der Waals surface area contributed by atoms with Crippen LogP contribution in [0.1, 0.15) is 51.0 Å². The van der Waals surface area contributed by atoms with E-state index in [9.17, 15) is 9.59 Å². The molecule has 1 aromatic carbocycles. The van der Waals surface area contributed by atoms with E-state index in [1.165, 1.54) is 19.3 Å². The first-order chi connectivity index (χ1) is 11.1. The van der Waals surface area contributed by atoms with Gasteiger partial charge in [-0.05, 0) is 31.0 Å². The van der Waals surface area contributed by atoms with E-state index in [4.69, 9.17) is 9.47 Å². The van der Waals surface area contributed by atoms with Crippen LogP contribution in [0.5, 0.6) is 5.75 Å². The van der Waals surface area contributed by atoms with E-state index < -0.39 is 12.2 Å². The van der Waals surface area contributed by atoms with Crippen LogP contribution in [0.4, 0.5) is 9.59 Å². The zero-order chi connectivity index (χ0) is 16.9. The number of azo groups is 1. The second-order valence-corrected chi connectivity index (χ2v) is 5.27. The van der Waals surface area contributed by atoms with Gasteiger partial charge in [0.25, 0.3) is 0 Å². The van der Waals surface area contributed by atoms with Gasteiger partial charge in [-0.3, -0.25) is 0 Å². The van der Waals surface area contributed by atoms with Crippen molar-refractivity contribution in [3.8, 4) is 5.75 Å². The van der Waals surface area contributed by atoms with Crippen molar-refractivity contribution in [1.29, 1.82) is 0 Å². The van der Waals surface area contributed by atoms with Gasteiger partial charge in [0.15, 0.2) is 0 Å². The molecule has 0 N–H and O–H groups in total. The minimum absolute atomic E-state index is 0.289. The molecule has 0 saturated heterocycles. The summed E-state index contributed by atoms with van der Waals surface area (Å²) in [4.78, 5) is 22.7. The summed E-state index contributed by atoms with van der Waals surface area (Å²) in [5, 5.41) is 6.36. The van der Waals surface area contributed by atoms with Gasteiger partial charge in [-0.1, -0.05) is 61.4 Å². The summed E-state index contributed by atoms with van der Waals surface area (Å²) in [6.07, 6.45) is 4.75. The Kier molecular flexibility index (Phi) is 9.28. The lowest BCUT2D eigenvalue weighted by Crippen LogP contribution is -2.04. The molecule has 0 atom stereocenters. The Bertz CT molecular complexity index is 529. The molecule has 0 aliphatic carbocycles. The van der Waals surface area contributed by atoms with Gasteiger partial charge >= 0.3 is 12.2 Å². The summed E-state index contributed by atoms with van der Waals surface area (Å²) in [5.74, 6) is 0.356.